The van der Waals surface area contributed by atoms with Crippen LogP contribution >= 0.6 is 0 Å². The van der Waals surface area contributed by atoms with Crippen LogP contribution in [0.2, 0.25) is 0 Å². The minimum atomic E-state index is -0.467. The molecule has 0 aliphatic carbocycles. The van der Waals surface area contributed by atoms with E-state index in [1.54, 1.807) is 6.07 Å². The second-order valence-corrected chi connectivity index (χ2v) is 4.92. The van der Waals surface area contributed by atoms with Crippen molar-refractivity contribution in [2.24, 2.45) is 0 Å². The molecular weight excluding hydrogens is 260 g/mol. The van der Waals surface area contributed by atoms with Gasteiger partial charge >= 0.3 is 0 Å². The van der Waals surface area contributed by atoms with Crippen molar-refractivity contribution >= 4 is 5.91 Å². The summed E-state index contributed by atoms with van der Waals surface area (Å²) in [5.74, 6) is 0.00765. The lowest BCUT2D eigenvalue weighted by Gasteiger charge is -2.35. The van der Waals surface area contributed by atoms with E-state index in [2.05, 4.69) is 4.90 Å². The predicted molar refractivity (Wildman–Crippen MR) is 73.6 cm³/mol. The number of nitrogens with zero attached hydrogens (tertiary/aromatic N) is 2. The molecule has 1 aliphatic rings. The van der Waals surface area contributed by atoms with Crippen molar-refractivity contribution in [2.45, 2.75) is 13.0 Å². The highest BCUT2D eigenvalue weighted by Gasteiger charge is 2.23. The minimum absolute atomic E-state index is 0.00765. The molecular formula is C14H22N2O4. The predicted octanol–water partition coefficient (Wildman–Crippen LogP) is 0.435. The van der Waals surface area contributed by atoms with E-state index < -0.39 is 6.10 Å². The number of rotatable bonds is 6. The van der Waals surface area contributed by atoms with Crippen molar-refractivity contribution in [3.8, 4) is 0 Å². The Bertz CT molecular complexity index is 399. The number of carbonyl (C=O) groups is 1. The van der Waals surface area contributed by atoms with Crippen LogP contribution in [0.15, 0.2) is 23.0 Å². The van der Waals surface area contributed by atoms with E-state index in [1.165, 1.54) is 12.5 Å². The maximum Gasteiger partial charge on any atom is 0.257 e. The van der Waals surface area contributed by atoms with Gasteiger partial charge in [0, 0.05) is 39.3 Å². The molecule has 2 heterocycles. The van der Waals surface area contributed by atoms with Gasteiger partial charge in [0.1, 0.15) is 6.26 Å². The Labute approximate surface area is 118 Å². The van der Waals surface area contributed by atoms with E-state index in [0.29, 0.717) is 38.4 Å². The smallest absolute Gasteiger partial charge is 0.257 e. The fourth-order valence-corrected chi connectivity index (χ4v) is 2.31. The second-order valence-electron chi connectivity index (χ2n) is 4.92. The van der Waals surface area contributed by atoms with Gasteiger partial charge in [-0.3, -0.25) is 9.69 Å². The van der Waals surface area contributed by atoms with Crippen molar-refractivity contribution in [3.63, 3.8) is 0 Å². The van der Waals surface area contributed by atoms with Crippen LogP contribution in [0.4, 0.5) is 0 Å². The van der Waals surface area contributed by atoms with Crippen molar-refractivity contribution in [1.82, 2.24) is 9.80 Å². The lowest BCUT2D eigenvalue weighted by molar-refractivity contribution is 0.0111. The SMILES string of the molecule is CCOC[C@@H](O)CN1CCN(C(=O)c2ccoc2)CC1. The van der Waals surface area contributed by atoms with E-state index in [0.717, 1.165) is 13.1 Å². The first-order valence-electron chi connectivity index (χ1n) is 7.00. The quantitative estimate of drug-likeness (QED) is 0.820. The Morgan fingerprint density at radius 2 is 2.20 bits per heavy atom. The van der Waals surface area contributed by atoms with Crippen LogP contribution in [0.3, 0.4) is 0 Å². The number of aliphatic hydroxyl groups is 1. The maximum atomic E-state index is 12.1. The summed E-state index contributed by atoms with van der Waals surface area (Å²) >= 11 is 0. The molecule has 1 atom stereocenters. The highest BCUT2D eigenvalue weighted by atomic mass is 16.5. The van der Waals surface area contributed by atoms with E-state index in [9.17, 15) is 9.90 Å². The van der Waals surface area contributed by atoms with Gasteiger partial charge in [0.2, 0.25) is 0 Å². The first-order valence-corrected chi connectivity index (χ1v) is 7.00. The third-order valence-electron chi connectivity index (χ3n) is 3.41. The number of ether oxygens (including phenoxy) is 1. The molecule has 20 heavy (non-hydrogen) atoms. The average molecular weight is 282 g/mol. The van der Waals surface area contributed by atoms with Crippen LogP contribution in [-0.4, -0.2) is 72.9 Å². The molecule has 0 bridgehead atoms. The molecule has 6 nitrogen and oxygen atoms in total. The van der Waals surface area contributed by atoms with Crippen molar-refractivity contribution in [3.05, 3.63) is 24.2 Å². The molecule has 112 valence electrons. The number of furan rings is 1. The Hall–Kier alpha value is -1.37. The Balaban J connectivity index is 1.73. The fraction of sp³-hybridized carbons (Fsp3) is 0.643. The summed E-state index contributed by atoms with van der Waals surface area (Å²) in [6.07, 6.45) is 2.51. The van der Waals surface area contributed by atoms with Gasteiger partial charge in [-0.2, -0.15) is 0 Å². The second kappa shape index (κ2) is 7.42. The van der Waals surface area contributed by atoms with E-state index in [1.807, 2.05) is 11.8 Å². The number of hydrogen-bond donors (Lipinski definition) is 1. The summed E-state index contributed by atoms with van der Waals surface area (Å²) in [6.45, 7) is 6.37. The molecule has 1 amide bonds. The minimum Gasteiger partial charge on any atom is -0.472 e. The van der Waals surface area contributed by atoms with Crippen molar-refractivity contribution < 1.29 is 19.1 Å². The Morgan fingerprint density at radius 3 is 2.80 bits per heavy atom. The number of aliphatic hydroxyl groups excluding tert-OH is 1. The molecule has 0 aromatic carbocycles. The summed E-state index contributed by atoms with van der Waals surface area (Å²) in [5.41, 5.74) is 0.592. The fourth-order valence-electron chi connectivity index (χ4n) is 2.31. The molecule has 1 saturated heterocycles. The normalized spacial score (nSPS) is 18.2. The van der Waals surface area contributed by atoms with Crippen LogP contribution in [0, 0.1) is 0 Å². The van der Waals surface area contributed by atoms with Gasteiger partial charge in [-0.05, 0) is 13.0 Å². The van der Waals surface area contributed by atoms with E-state index in [4.69, 9.17) is 9.15 Å². The number of hydrogen-bond acceptors (Lipinski definition) is 5. The first-order chi connectivity index (χ1) is 9.70. The van der Waals surface area contributed by atoms with Crippen LogP contribution < -0.4 is 0 Å². The third kappa shape index (κ3) is 4.06. The molecule has 1 aromatic heterocycles. The molecule has 1 aliphatic heterocycles. The van der Waals surface area contributed by atoms with Gasteiger partial charge in [0.25, 0.3) is 5.91 Å². The molecule has 2 rings (SSSR count). The van der Waals surface area contributed by atoms with Crippen molar-refractivity contribution in [1.29, 1.82) is 0 Å². The van der Waals surface area contributed by atoms with Gasteiger partial charge in [0.05, 0.1) is 24.5 Å². The molecule has 6 heteroatoms. The number of carbonyl (C=O) groups excluding carboxylic acids is 1. The number of amides is 1. The summed E-state index contributed by atoms with van der Waals surface area (Å²) < 4.78 is 10.1. The molecule has 0 saturated carbocycles. The topological polar surface area (TPSA) is 66.2 Å². The van der Waals surface area contributed by atoms with Gasteiger partial charge in [-0.25, -0.2) is 0 Å². The van der Waals surface area contributed by atoms with Crippen LogP contribution in [0.1, 0.15) is 17.3 Å². The van der Waals surface area contributed by atoms with E-state index >= 15 is 0 Å². The summed E-state index contributed by atoms with van der Waals surface area (Å²) in [4.78, 5) is 16.1. The van der Waals surface area contributed by atoms with Crippen molar-refractivity contribution in [2.75, 3.05) is 45.9 Å². The van der Waals surface area contributed by atoms with Gasteiger partial charge in [-0.15, -0.1) is 0 Å². The monoisotopic (exact) mass is 282 g/mol. The maximum absolute atomic E-state index is 12.1. The molecule has 1 aromatic rings. The largest absolute Gasteiger partial charge is 0.472 e. The molecule has 0 radical (unpaired) electrons. The first kappa shape index (κ1) is 15.0. The van der Waals surface area contributed by atoms with Crippen LogP contribution in [0.25, 0.3) is 0 Å². The van der Waals surface area contributed by atoms with Gasteiger partial charge in [0.15, 0.2) is 0 Å². The van der Waals surface area contributed by atoms with Gasteiger partial charge in [-0.1, -0.05) is 0 Å². The molecule has 1 N–H and O–H groups in total. The highest BCUT2D eigenvalue weighted by Crippen LogP contribution is 2.09. The molecule has 1 fully saturated rings. The standard InChI is InChI=1S/C14H22N2O4/c1-2-19-11-13(17)9-15-4-6-16(7-5-15)14(18)12-3-8-20-10-12/h3,8,10,13,17H,2,4-7,9,11H2,1H3/t13-/m0/s1. The third-order valence-corrected chi connectivity index (χ3v) is 3.41. The van der Waals surface area contributed by atoms with Gasteiger partial charge < -0.3 is 19.2 Å². The lowest BCUT2D eigenvalue weighted by atomic mass is 10.2. The summed E-state index contributed by atoms with van der Waals surface area (Å²) in [5, 5.41) is 9.80. The summed E-state index contributed by atoms with van der Waals surface area (Å²) in [7, 11) is 0. The lowest BCUT2D eigenvalue weighted by Crippen LogP contribution is -2.50. The number of piperazine rings is 1. The zero-order chi connectivity index (χ0) is 14.4. The Morgan fingerprint density at radius 1 is 1.45 bits per heavy atom. The highest BCUT2D eigenvalue weighted by molar-refractivity contribution is 5.93. The van der Waals surface area contributed by atoms with Crippen LogP contribution in [-0.2, 0) is 4.74 Å². The van der Waals surface area contributed by atoms with Crippen LogP contribution in [0.5, 0.6) is 0 Å². The average Bonchev–Trinajstić information content (AvgIpc) is 2.99. The molecule has 0 unspecified atom stereocenters. The number of β-amino-alcohol motifs (C(OH)–C–C–N with tert-alkyl or cyclic N) is 1. The zero-order valence-electron chi connectivity index (χ0n) is 11.8. The molecule has 0 spiro atoms. The Kier molecular flexibility index (Phi) is 5.58. The summed E-state index contributed by atoms with van der Waals surface area (Å²) in [6, 6.07) is 1.68. The van der Waals surface area contributed by atoms with E-state index in [-0.39, 0.29) is 5.91 Å². The zero-order valence-corrected chi connectivity index (χ0v) is 11.8.